The first-order valence-corrected chi connectivity index (χ1v) is 7.11. The van der Waals surface area contributed by atoms with Gasteiger partial charge in [0.1, 0.15) is 29.0 Å². The molecule has 2 aromatic carbocycles. The molecule has 114 valence electrons. The van der Waals surface area contributed by atoms with Crippen molar-refractivity contribution in [3.8, 4) is 0 Å². The SMILES string of the molecule is Fc1ccc(CNc2ncnc3c2[nH]c2ccc(F)cc23)cc1. The molecule has 0 spiro atoms. The predicted octanol–water partition coefficient (Wildman–Crippen LogP) is 4.00. The number of fused-ring (bicyclic) bond motifs is 3. The Labute approximate surface area is 130 Å². The highest BCUT2D eigenvalue weighted by Gasteiger charge is 2.11. The summed E-state index contributed by atoms with van der Waals surface area (Å²) in [7, 11) is 0. The van der Waals surface area contributed by atoms with Crippen LogP contribution >= 0.6 is 0 Å². The Hall–Kier alpha value is -3.02. The zero-order valence-corrected chi connectivity index (χ0v) is 12.0. The summed E-state index contributed by atoms with van der Waals surface area (Å²) in [5.41, 5.74) is 3.11. The first-order valence-electron chi connectivity index (χ1n) is 7.11. The normalized spacial score (nSPS) is 11.2. The number of halogens is 2. The van der Waals surface area contributed by atoms with Crippen molar-refractivity contribution in [2.24, 2.45) is 0 Å². The van der Waals surface area contributed by atoms with Gasteiger partial charge in [0.15, 0.2) is 5.82 Å². The highest BCUT2D eigenvalue weighted by molar-refractivity contribution is 6.07. The third-order valence-corrected chi connectivity index (χ3v) is 3.72. The summed E-state index contributed by atoms with van der Waals surface area (Å²) in [6.45, 7) is 0.496. The summed E-state index contributed by atoms with van der Waals surface area (Å²) in [6.07, 6.45) is 1.44. The largest absolute Gasteiger partial charge is 0.364 e. The van der Waals surface area contributed by atoms with Crippen LogP contribution in [0.4, 0.5) is 14.6 Å². The number of aromatic amines is 1. The quantitative estimate of drug-likeness (QED) is 0.601. The fourth-order valence-electron chi connectivity index (χ4n) is 2.59. The molecule has 0 bridgehead atoms. The molecule has 0 radical (unpaired) electrons. The number of benzene rings is 2. The van der Waals surface area contributed by atoms with Crippen molar-refractivity contribution in [3.63, 3.8) is 0 Å². The molecule has 0 fully saturated rings. The maximum Gasteiger partial charge on any atom is 0.154 e. The average Bonchev–Trinajstić information content (AvgIpc) is 2.93. The molecule has 2 aromatic heterocycles. The lowest BCUT2D eigenvalue weighted by molar-refractivity contribution is 0.627. The Bertz CT molecular complexity index is 993. The molecule has 0 unspecified atom stereocenters. The first-order chi connectivity index (χ1) is 11.2. The molecule has 0 saturated carbocycles. The minimum atomic E-state index is -0.308. The third kappa shape index (κ3) is 2.48. The summed E-state index contributed by atoms with van der Waals surface area (Å²) in [5, 5.41) is 3.92. The minimum Gasteiger partial charge on any atom is -0.364 e. The smallest absolute Gasteiger partial charge is 0.154 e. The highest BCUT2D eigenvalue weighted by atomic mass is 19.1. The zero-order chi connectivity index (χ0) is 15.8. The van der Waals surface area contributed by atoms with Crippen LogP contribution in [0.3, 0.4) is 0 Å². The van der Waals surface area contributed by atoms with E-state index in [1.807, 2.05) is 0 Å². The fourth-order valence-corrected chi connectivity index (χ4v) is 2.59. The second-order valence-electron chi connectivity index (χ2n) is 5.24. The predicted molar refractivity (Wildman–Crippen MR) is 85.1 cm³/mol. The topological polar surface area (TPSA) is 53.6 Å². The molecule has 0 atom stereocenters. The van der Waals surface area contributed by atoms with Crippen LogP contribution in [0.1, 0.15) is 5.56 Å². The van der Waals surface area contributed by atoms with Gasteiger partial charge in [-0.2, -0.15) is 0 Å². The molecule has 0 saturated heterocycles. The van der Waals surface area contributed by atoms with Crippen LogP contribution in [0.15, 0.2) is 48.8 Å². The van der Waals surface area contributed by atoms with E-state index in [1.165, 1.54) is 30.6 Å². The summed E-state index contributed by atoms with van der Waals surface area (Å²) >= 11 is 0. The number of hydrogen-bond donors (Lipinski definition) is 2. The van der Waals surface area contributed by atoms with Crippen molar-refractivity contribution in [2.45, 2.75) is 6.54 Å². The van der Waals surface area contributed by atoms with E-state index < -0.39 is 0 Å². The van der Waals surface area contributed by atoms with Crippen LogP contribution in [0.25, 0.3) is 21.9 Å². The molecule has 4 aromatic rings. The Kier molecular flexibility index (Phi) is 3.15. The molecule has 0 amide bonds. The van der Waals surface area contributed by atoms with E-state index in [2.05, 4.69) is 20.3 Å². The Balaban J connectivity index is 1.72. The van der Waals surface area contributed by atoms with Crippen LogP contribution < -0.4 is 5.32 Å². The lowest BCUT2D eigenvalue weighted by Crippen LogP contribution is -2.02. The van der Waals surface area contributed by atoms with E-state index in [-0.39, 0.29) is 11.6 Å². The molecule has 0 aliphatic heterocycles. The number of nitrogens with one attached hydrogen (secondary N) is 2. The van der Waals surface area contributed by atoms with Gasteiger partial charge in [-0.05, 0) is 35.9 Å². The van der Waals surface area contributed by atoms with Crippen molar-refractivity contribution < 1.29 is 8.78 Å². The second-order valence-corrected chi connectivity index (χ2v) is 5.24. The summed E-state index contributed by atoms with van der Waals surface area (Å²) in [4.78, 5) is 11.7. The molecular formula is C17H12F2N4. The number of rotatable bonds is 3. The van der Waals surface area contributed by atoms with E-state index in [4.69, 9.17) is 0 Å². The van der Waals surface area contributed by atoms with Gasteiger partial charge in [0, 0.05) is 17.4 Å². The molecule has 0 aliphatic rings. The number of hydrogen-bond acceptors (Lipinski definition) is 3. The lowest BCUT2D eigenvalue weighted by Gasteiger charge is -2.06. The van der Waals surface area contributed by atoms with Crippen molar-refractivity contribution >= 4 is 27.8 Å². The van der Waals surface area contributed by atoms with Gasteiger partial charge in [0.05, 0.1) is 0 Å². The Morgan fingerprint density at radius 2 is 1.74 bits per heavy atom. The molecular weight excluding hydrogens is 298 g/mol. The number of anilines is 1. The highest BCUT2D eigenvalue weighted by Crippen LogP contribution is 2.27. The summed E-state index contributed by atoms with van der Waals surface area (Å²) in [5.74, 6) is 0.0459. The van der Waals surface area contributed by atoms with Crippen molar-refractivity contribution in [1.82, 2.24) is 15.0 Å². The van der Waals surface area contributed by atoms with E-state index in [9.17, 15) is 8.78 Å². The number of aromatic nitrogens is 3. The Morgan fingerprint density at radius 3 is 2.57 bits per heavy atom. The van der Waals surface area contributed by atoms with E-state index in [1.54, 1.807) is 18.2 Å². The monoisotopic (exact) mass is 310 g/mol. The van der Waals surface area contributed by atoms with Crippen LogP contribution in [0, 0.1) is 11.6 Å². The van der Waals surface area contributed by atoms with Crippen LogP contribution in [0.5, 0.6) is 0 Å². The van der Waals surface area contributed by atoms with Crippen LogP contribution in [-0.4, -0.2) is 15.0 Å². The lowest BCUT2D eigenvalue weighted by atomic mass is 10.2. The van der Waals surface area contributed by atoms with Crippen molar-refractivity contribution in [3.05, 3.63) is 66.0 Å². The van der Waals surface area contributed by atoms with Gasteiger partial charge in [-0.15, -0.1) is 0 Å². The standard InChI is InChI=1S/C17H12F2N4/c18-11-3-1-10(2-4-11)8-20-17-16-15(21-9-22-17)13-7-12(19)5-6-14(13)23-16/h1-7,9,23H,8H2,(H,20,21,22). The van der Waals surface area contributed by atoms with Crippen molar-refractivity contribution in [1.29, 1.82) is 0 Å². The maximum atomic E-state index is 13.4. The molecule has 23 heavy (non-hydrogen) atoms. The van der Waals surface area contributed by atoms with E-state index in [0.717, 1.165) is 16.6 Å². The maximum absolute atomic E-state index is 13.4. The van der Waals surface area contributed by atoms with Gasteiger partial charge in [-0.3, -0.25) is 0 Å². The van der Waals surface area contributed by atoms with Gasteiger partial charge >= 0.3 is 0 Å². The summed E-state index contributed by atoms with van der Waals surface area (Å²) in [6, 6.07) is 10.8. The zero-order valence-electron chi connectivity index (χ0n) is 12.0. The molecule has 0 aliphatic carbocycles. The van der Waals surface area contributed by atoms with Crippen molar-refractivity contribution in [2.75, 3.05) is 5.32 Å². The van der Waals surface area contributed by atoms with Gasteiger partial charge < -0.3 is 10.3 Å². The van der Waals surface area contributed by atoms with Gasteiger partial charge in [-0.25, -0.2) is 18.7 Å². The Morgan fingerprint density at radius 1 is 0.957 bits per heavy atom. The van der Waals surface area contributed by atoms with Crippen LogP contribution in [0.2, 0.25) is 0 Å². The first kappa shape index (κ1) is 13.6. The third-order valence-electron chi connectivity index (χ3n) is 3.72. The van der Waals surface area contributed by atoms with E-state index in [0.29, 0.717) is 23.3 Å². The fraction of sp³-hybridized carbons (Fsp3) is 0.0588. The van der Waals surface area contributed by atoms with Crippen LogP contribution in [-0.2, 0) is 6.54 Å². The molecule has 4 nitrogen and oxygen atoms in total. The average molecular weight is 310 g/mol. The molecule has 4 rings (SSSR count). The minimum absolute atomic E-state index is 0.268. The van der Waals surface area contributed by atoms with E-state index >= 15 is 0 Å². The van der Waals surface area contributed by atoms with Gasteiger partial charge in [0.2, 0.25) is 0 Å². The second kappa shape index (κ2) is 5.31. The molecule has 2 heterocycles. The van der Waals surface area contributed by atoms with Gasteiger partial charge in [-0.1, -0.05) is 12.1 Å². The number of nitrogens with zero attached hydrogens (tertiary/aromatic N) is 2. The summed E-state index contributed by atoms with van der Waals surface area (Å²) < 4.78 is 26.4. The van der Waals surface area contributed by atoms with Gasteiger partial charge in [0.25, 0.3) is 0 Å². The number of H-pyrrole nitrogens is 1. The molecule has 2 N–H and O–H groups in total. The molecule has 6 heteroatoms.